The molecule has 0 saturated heterocycles. The lowest BCUT2D eigenvalue weighted by atomic mass is 9.78. The standard InChI is InChI=1S/C13H16O2/c14-12(9-3-1-4-9)11-6-2-5-10-7-8-15-13(10)11/h2,5-6,9,12,14H,1,3-4,7-8H2. The van der Waals surface area contributed by atoms with E-state index in [0.717, 1.165) is 37.2 Å². The van der Waals surface area contributed by atoms with Gasteiger partial charge in [-0.1, -0.05) is 24.6 Å². The molecule has 1 N–H and O–H groups in total. The quantitative estimate of drug-likeness (QED) is 0.801. The van der Waals surface area contributed by atoms with Crippen molar-refractivity contribution < 1.29 is 9.84 Å². The Hall–Kier alpha value is -1.02. The molecule has 0 amide bonds. The van der Waals surface area contributed by atoms with Crippen LogP contribution in [0.1, 0.15) is 36.5 Å². The molecule has 3 rings (SSSR count). The van der Waals surface area contributed by atoms with Crippen molar-refractivity contribution in [2.75, 3.05) is 6.61 Å². The SMILES string of the molecule is OC(c1cccc2c1OCC2)C1CCC1. The van der Waals surface area contributed by atoms with Crippen LogP contribution in [-0.2, 0) is 6.42 Å². The predicted octanol–water partition coefficient (Wildman–Crippen LogP) is 2.46. The van der Waals surface area contributed by atoms with Gasteiger partial charge in [-0.05, 0) is 24.3 Å². The first kappa shape index (κ1) is 9.22. The molecule has 1 aliphatic carbocycles. The van der Waals surface area contributed by atoms with E-state index in [4.69, 9.17) is 4.74 Å². The summed E-state index contributed by atoms with van der Waals surface area (Å²) in [5.41, 5.74) is 2.26. The normalized spacial score (nSPS) is 21.7. The number of ether oxygens (including phenoxy) is 1. The van der Waals surface area contributed by atoms with Crippen molar-refractivity contribution in [1.29, 1.82) is 0 Å². The first-order valence-electron chi connectivity index (χ1n) is 5.79. The van der Waals surface area contributed by atoms with Gasteiger partial charge in [0.15, 0.2) is 0 Å². The van der Waals surface area contributed by atoms with Crippen LogP contribution >= 0.6 is 0 Å². The second kappa shape index (κ2) is 3.53. The summed E-state index contributed by atoms with van der Waals surface area (Å²) >= 11 is 0. The fourth-order valence-corrected chi connectivity index (χ4v) is 2.48. The van der Waals surface area contributed by atoms with Crippen molar-refractivity contribution in [3.8, 4) is 5.75 Å². The number of fused-ring (bicyclic) bond motifs is 1. The Kier molecular flexibility index (Phi) is 2.17. The molecule has 15 heavy (non-hydrogen) atoms. The van der Waals surface area contributed by atoms with Crippen LogP contribution in [0.5, 0.6) is 5.75 Å². The average molecular weight is 204 g/mol. The third kappa shape index (κ3) is 1.44. The zero-order chi connectivity index (χ0) is 10.3. The van der Waals surface area contributed by atoms with Gasteiger partial charge in [0.2, 0.25) is 0 Å². The van der Waals surface area contributed by atoms with Gasteiger partial charge in [-0.2, -0.15) is 0 Å². The van der Waals surface area contributed by atoms with Crippen LogP contribution in [-0.4, -0.2) is 11.7 Å². The molecule has 1 saturated carbocycles. The van der Waals surface area contributed by atoms with Crippen molar-refractivity contribution in [3.05, 3.63) is 29.3 Å². The summed E-state index contributed by atoms with van der Waals surface area (Å²) in [6.07, 6.45) is 4.25. The van der Waals surface area contributed by atoms with Gasteiger partial charge in [0.1, 0.15) is 5.75 Å². The molecule has 1 heterocycles. The number of hydrogen-bond acceptors (Lipinski definition) is 2. The van der Waals surface area contributed by atoms with Gasteiger partial charge in [0.05, 0.1) is 12.7 Å². The van der Waals surface area contributed by atoms with Crippen LogP contribution in [0, 0.1) is 5.92 Å². The van der Waals surface area contributed by atoms with Gasteiger partial charge in [-0.25, -0.2) is 0 Å². The third-order valence-electron chi connectivity index (χ3n) is 3.66. The Balaban J connectivity index is 1.93. The lowest BCUT2D eigenvalue weighted by Crippen LogP contribution is -2.20. The minimum Gasteiger partial charge on any atom is -0.493 e. The summed E-state index contributed by atoms with van der Waals surface area (Å²) < 4.78 is 5.61. The Morgan fingerprint density at radius 3 is 2.93 bits per heavy atom. The van der Waals surface area contributed by atoms with Crippen LogP contribution in [0.25, 0.3) is 0 Å². The molecule has 2 heteroatoms. The van der Waals surface area contributed by atoms with E-state index in [9.17, 15) is 5.11 Å². The molecule has 80 valence electrons. The maximum Gasteiger partial charge on any atom is 0.128 e. The largest absolute Gasteiger partial charge is 0.493 e. The van der Waals surface area contributed by atoms with Crippen molar-refractivity contribution in [2.45, 2.75) is 31.8 Å². The fraction of sp³-hybridized carbons (Fsp3) is 0.538. The van der Waals surface area contributed by atoms with E-state index >= 15 is 0 Å². The van der Waals surface area contributed by atoms with Crippen LogP contribution < -0.4 is 4.74 Å². The van der Waals surface area contributed by atoms with Crippen LogP contribution in [0.2, 0.25) is 0 Å². The highest BCUT2D eigenvalue weighted by Gasteiger charge is 2.30. The van der Waals surface area contributed by atoms with E-state index in [2.05, 4.69) is 6.07 Å². The Bertz CT molecular complexity index is 369. The molecular weight excluding hydrogens is 188 g/mol. The molecule has 1 aliphatic heterocycles. The highest BCUT2D eigenvalue weighted by atomic mass is 16.5. The zero-order valence-corrected chi connectivity index (χ0v) is 8.78. The number of rotatable bonds is 2. The summed E-state index contributed by atoms with van der Waals surface area (Å²) in [5, 5.41) is 10.2. The monoisotopic (exact) mass is 204 g/mol. The van der Waals surface area contributed by atoms with Crippen LogP contribution in [0.15, 0.2) is 18.2 Å². The molecule has 0 radical (unpaired) electrons. The van der Waals surface area contributed by atoms with Crippen molar-refractivity contribution >= 4 is 0 Å². The molecule has 2 nitrogen and oxygen atoms in total. The number of aliphatic hydroxyl groups is 1. The van der Waals surface area contributed by atoms with Gasteiger partial charge in [-0.15, -0.1) is 0 Å². The smallest absolute Gasteiger partial charge is 0.128 e. The summed E-state index contributed by atoms with van der Waals surface area (Å²) in [5.74, 6) is 1.41. The topological polar surface area (TPSA) is 29.5 Å². The van der Waals surface area contributed by atoms with Gasteiger partial charge in [-0.3, -0.25) is 0 Å². The molecule has 0 aromatic heterocycles. The lowest BCUT2D eigenvalue weighted by molar-refractivity contribution is 0.0600. The number of benzene rings is 1. The van der Waals surface area contributed by atoms with Gasteiger partial charge < -0.3 is 9.84 Å². The molecule has 0 bridgehead atoms. The molecule has 2 aliphatic rings. The van der Waals surface area contributed by atoms with Crippen LogP contribution in [0.3, 0.4) is 0 Å². The summed E-state index contributed by atoms with van der Waals surface area (Å²) in [4.78, 5) is 0. The Labute approximate surface area is 89.9 Å². The molecule has 1 unspecified atom stereocenters. The third-order valence-corrected chi connectivity index (χ3v) is 3.66. The second-order valence-corrected chi connectivity index (χ2v) is 4.57. The fourth-order valence-electron chi connectivity index (χ4n) is 2.48. The number of aliphatic hydroxyl groups excluding tert-OH is 1. The van der Waals surface area contributed by atoms with Crippen LogP contribution in [0.4, 0.5) is 0 Å². The van der Waals surface area contributed by atoms with Gasteiger partial charge in [0, 0.05) is 12.0 Å². The number of para-hydroxylation sites is 1. The Morgan fingerprint density at radius 1 is 1.33 bits per heavy atom. The van der Waals surface area contributed by atoms with E-state index in [0.29, 0.717) is 5.92 Å². The molecule has 0 spiro atoms. The first-order valence-corrected chi connectivity index (χ1v) is 5.79. The highest BCUT2D eigenvalue weighted by molar-refractivity contribution is 5.45. The highest BCUT2D eigenvalue weighted by Crippen LogP contribution is 2.42. The predicted molar refractivity (Wildman–Crippen MR) is 57.9 cm³/mol. The maximum atomic E-state index is 10.2. The molecule has 1 aromatic rings. The van der Waals surface area contributed by atoms with Gasteiger partial charge in [0.25, 0.3) is 0 Å². The molecule has 1 aromatic carbocycles. The zero-order valence-electron chi connectivity index (χ0n) is 8.78. The molecule has 1 atom stereocenters. The minimum absolute atomic E-state index is 0.313. The van der Waals surface area contributed by atoms with E-state index in [1.165, 1.54) is 12.0 Å². The van der Waals surface area contributed by atoms with E-state index < -0.39 is 0 Å². The summed E-state index contributed by atoms with van der Waals surface area (Å²) in [6, 6.07) is 6.14. The Morgan fingerprint density at radius 2 is 2.20 bits per heavy atom. The maximum absolute atomic E-state index is 10.2. The van der Waals surface area contributed by atoms with Crippen molar-refractivity contribution in [1.82, 2.24) is 0 Å². The lowest BCUT2D eigenvalue weighted by Gasteiger charge is -2.31. The van der Waals surface area contributed by atoms with E-state index in [-0.39, 0.29) is 6.10 Å². The summed E-state index contributed by atoms with van der Waals surface area (Å²) in [7, 11) is 0. The average Bonchev–Trinajstić information content (AvgIpc) is 2.61. The van der Waals surface area contributed by atoms with Crippen molar-refractivity contribution in [2.24, 2.45) is 5.92 Å². The van der Waals surface area contributed by atoms with E-state index in [1.807, 2.05) is 12.1 Å². The summed E-state index contributed by atoms with van der Waals surface area (Å²) in [6.45, 7) is 0.768. The first-order chi connectivity index (χ1) is 7.36. The number of hydrogen-bond donors (Lipinski definition) is 1. The van der Waals surface area contributed by atoms with Gasteiger partial charge >= 0.3 is 0 Å². The van der Waals surface area contributed by atoms with E-state index in [1.54, 1.807) is 0 Å². The second-order valence-electron chi connectivity index (χ2n) is 4.57. The van der Waals surface area contributed by atoms with Crippen molar-refractivity contribution in [3.63, 3.8) is 0 Å². The minimum atomic E-state index is -0.313. The molecular formula is C13H16O2. The molecule has 1 fully saturated rings.